The van der Waals surface area contributed by atoms with Crippen molar-refractivity contribution in [2.24, 2.45) is 0 Å². The maximum absolute atomic E-state index is 11.5. The van der Waals surface area contributed by atoms with Gasteiger partial charge in [-0.15, -0.1) is 0 Å². The molecular formula is C14H13N3O3. The molecule has 0 aliphatic rings. The third-order valence-electron chi connectivity index (χ3n) is 2.30. The van der Waals surface area contributed by atoms with Gasteiger partial charge in [-0.2, -0.15) is 0 Å². The van der Waals surface area contributed by atoms with Gasteiger partial charge in [0.2, 0.25) is 11.8 Å². The van der Waals surface area contributed by atoms with E-state index in [1.165, 1.54) is 18.4 Å². The lowest BCUT2D eigenvalue weighted by atomic mass is 10.4. The monoisotopic (exact) mass is 271 g/mol. The molecule has 2 N–H and O–H groups in total. The molecule has 0 radical (unpaired) electrons. The molecule has 2 aromatic rings. The molecule has 20 heavy (non-hydrogen) atoms. The molecule has 0 fully saturated rings. The van der Waals surface area contributed by atoms with Crippen LogP contribution in [0.15, 0.2) is 53.3 Å². The van der Waals surface area contributed by atoms with Crippen molar-refractivity contribution in [3.8, 4) is 0 Å². The Kier molecular flexibility index (Phi) is 4.66. The molecule has 2 aromatic heterocycles. The van der Waals surface area contributed by atoms with Crippen molar-refractivity contribution in [2.45, 2.75) is 0 Å². The van der Waals surface area contributed by atoms with E-state index in [2.05, 4.69) is 15.6 Å². The first-order valence-corrected chi connectivity index (χ1v) is 5.94. The summed E-state index contributed by atoms with van der Waals surface area (Å²) in [6.07, 6.45) is 5.90. The Bertz CT molecular complexity index is 591. The van der Waals surface area contributed by atoms with Crippen molar-refractivity contribution in [3.63, 3.8) is 0 Å². The zero-order valence-electron chi connectivity index (χ0n) is 10.6. The van der Waals surface area contributed by atoms with Gasteiger partial charge in [-0.05, 0) is 30.3 Å². The average Bonchev–Trinajstić information content (AvgIpc) is 2.97. The van der Waals surface area contributed by atoms with Crippen LogP contribution in [0.25, 0.3) is 6.08 Å². The summed E-state index contributed by atoms with van der Waals surface area (Å²) in [7, 11) is 0. The number of furan rings is 1. The van der Waals surface area contributed by atoms with Crippen LogP contribution in [-0.4, -0.2) is 23.3 Å². The highest BCUT2D eigenvalue weighted by atomic mass is 16.3. The standard InChI is InChI=1S/C14H13N3O3/c18-13(7-6-11-4-3-9-20-11)16-10-14(19)17-12-5-1-2-8-15-12/h1-9H,10H2,(H,16,18)(H,15,17,19). The first kappa shape index (κ1) is 13.5. The minimum absolute atomic E-state index is 0.127. The zero-order valence-corrected chi connectivity index (χ0v) is 10.6. The van der Waals surface area contributed by atoms with E-state index in [1.54, 1.807) is 36.5 Å². The summed E-state index contributed by atoms with van der Waals surface area (Å²) >= 11 is 0. The minimum atomic E-state index is -0.377. The molecular weight excluding hydrogens is 258 g/mol. The van der Waals surface area contributed by atoms with Crippen molar-refractivity contribution in [1.82, 2.24) is 10.3 Å². The zero-order chi connectivity index (χ0) is 14.2. The molecule has 0 aliphatic heterocycles. The number of pyridine rings is 1. The van der Waals surface area contributed by atoms with Crippen molar-refractivity contribution < 1.29 is 14.0 Å². The van der Waals surface area contributed by atoms with Crippen LogP contribution in [0.1, 0.15) is 5.76 Å². The highest BCUT2D eigenvalue weighted by molar-refractivity contribution is 5.97. The molecule has 0 unspecified atom stereocenters. The third-order valence-corrected chi connectivity index (χ3v) is 2.30. The number of amides is 2. The number of rotatable bonds is 5. The number of aromatic nitrogens is 1. The van der Waals surface area contributed by atoms with Gasteiger partial charge in [0, 0.05) is 12.3 Å². The lowest BCUT2D eigenvalue weighted by Crippen LogP contribution is -2.31. The SMILES string of the molecule is O=C(C=Cc1ccco1)NCC(=O)Nc1ccccn1. The number of carbonyl (C=O) groups excluding carboxylic acids is 2. The van der Waals surface area contributed by atoms with Gasteiger partial charge >= 0.3 is 0 Å². The molecule has 0 saturated carbocycles. The Morgan fingerprint density at radius 2 is 2.15 bits per heavy atom. The minimum Gasteiger partial charge on any atom is -0.465 e. The van der Waals surface area contributed by atoms with E-state index in [0.717, 1.165) is 0 Å². The summed E-state index contributed by atoms with van der Waals surface area (Å²) in [5.41, 5.74) is 0. The Hall–Kier alpha value is -2.89. The first-order valence-electron chi connectivity index (χ1n) is 5.94. The third kappa shape index (κ3) is 4.41. The number of nitrogens with zero attached hydrogens (tertiary/aromatic N) is 1. The molecule has 2 amide bonds. The smallest absolute Gasteiger partial charge is 0.244 e. The van der Waals surface area contributed by atoms with Crippen LogP contribution < -0.4 is 10.6 Å². The molecule has 2 rings (SSSR count). The van der Waals surface area contributed by atoms with Crippen molar-refractivity contribution in [2.75, 3.05) is 11.9 Å². The second-order valence-corrected chi connectivity index (χ2v) is 3.83. The summed E-state index contributed by atoms with van der Waals surface area (Å²) in [5, 5.41) is 5.02. The van der Waals surface area contributed by atoms with Crippen LogP contribution in [-0.2, 0) is 9.59 Å². The maximum atomic E-state index is 11.5. The molecule has 102 valence electrons. The molecule has 0 spiro atoms. The Morgan fingerprint density at radius 3 is 2.85 bits per heavy atom. The molecule has 0 bridgehead atoms. The van der Waals surface area contributed by atoms with Crippen LogP contribution in [0.4, 0.5) is 5.82 Å². The van der Waals surface area contributed by atoms with E-state index in [-0.39, 0.29) is 18.4 Å². The topological polar surface area (TPSA) is 84.2 Å². The van der Waals surface area contributed by atoms with Gasteiger partial charge < -0.3 is 15.1 Å². The lowest BCUT2D eigenvalue weighted by Gasteiger charge is -2.04. The lowest BCUT2D eigenvalue weighted by molar-refractivity contribution is -0.121. The second-order valence-electron chi connectivity index (χ2n) is 3.83. The fourth-order valence-electron chi connectivity index (χ4n) is 1.39. The number of hydrogen-bond acceptors (Lipinski definition) is 4. The van der Waals surface area contributed by atoms with E-state index in [0.29, 0.717) is 11.6 Å². The number of nitrogens with one attached hydrogen (secondary N) is 2. The molecule has 6 heteroatoms. The quantitative estimate of drug-likeness (QED) is 0.806. The molecule has 0 aromatic carbocycles. The molecule has 0 atom stereocenters. The molecule has 0 aliphatic carbocycles. The van der Waals surface area contributed by atoms with E-state index in [9.17, 15) is 9.59 Å². The van der Waals surface area contributed by atoms with Gasteiger partial charge in [0.1, 0.15) is 11.6 Å². The highest BCUT2D eigenvalue weighted by Crippen LogP contribution is 2.01. The molecule has 0 saturated heterocycles. The summed E-state index contributed by atoms with van der Waals surface area (Å²) < 4.78 is 5.03. The number of carbonyl (C=O) groups is 2. The maximum Gasteiger partial charge on any atom is 0.244 e. The van der Waals surface area contributed by atoms with Crippen molar-refractivity contribution in [3.05, 3.63) is 54.6 Å². The highest BCUT2D eigenvalue weighted by Gasteiger charge is 2.04. The molecule has 6 nitrogen and oxygen atoms in total. The fraction of sp³-hybridized carbons (Fsp3) is 0.0714. The Labute approximate surface area is 115 Å². The van der Waals surface area contributed by atoms with Gasteiger partial charge in [-0.1, -0.05) is 6.07 Å². The van der Waals surface area contributed by atoms with Crippen molar-refractivity contribution in [1.29, 1.82) is 0 Å². The summed E-state index contributed by atoms with van der Waals surface area (Å²) in [6.45, 7) is -0.127. The van der Waals surface area contributed by atoms with Crippen LogP contribution in [0.2, 0.25) is 0 Å². The van der Waals surface area contributed by atoms with E-state index in [1.807, 2.05) is 0 Å². The van der Waals surface area contributed by atoms with Gasteiger partial charge in [0.05, 0.1) is 12.8 Å². The average molecular weight is 271 g/mol. The summed E-state index contributed by atoms with van der Waals surface area (Å²) in [5.74, 6) is 0.289. The van der Waals surface area contributed by atoms with Gasteiger partial charge in [0.25, 0.3) is 0 Å². The van der Waals surface area contributed by atoms with Crippen molar-refractivity contribution >= 4 is 23.7 Å². The van der Waals surface area contributed by atoms with E-state index in [4.69, 9.17) is 4.42 Å². The normalized spacial score (nSPS) is 10.4. The van der Waals surface area contributed by atoms with E-state index < -0.39 is 0 Å². The largest absolute Gasteiger partial charge is 0.465 e. The molecule has 2 heterocycles. The first-order chi connectivity index (χ1) is 9.74. The van der Waals surface area contributed by atoms with Crippen LogP contribution in [0.5, 0.6) is 0 Å². The number of anilines is 1. The second kappa shape index (κ2) is 6.89. The fourth-order valence-corrected chi connectivity index (χ4v) is 1.39. The van der Waals surface area contributed by atoms with E-state index >= 15 is 0 Å². The van der Waals surface area contributed by atoms with Gasteiger partial charge in [-0.25, -0.2) is 4.98 Å². The summed E-state index contributed by atoms with van der Waals surface area (Å²) in [4.78, 5) is 26.9. The predicted octanol–water partition coefficient (Wildman–Crippen LogP) is 1.44. The van der Waals surface area contributed by atoms with Crippen LogP contribution >= 0.6 is 0 Å². The number of hydrogen-bond donors (Lipinski definition) is 2. The Morgan fingerprint density at radius 1 is 1.25 bits per heavy atom. The van der Waals surface area contributed by atoms with Crippen LogP contribution in [0.3, 0.4) is 0 Å². The Balaban J connectivity index is 1.74. The summed E-state index contributed by atoms with van der Waals surface area (Å²) in [6, 6.07) is 8.61. The van der Waals surface area contributed by atoms with Gasteiger partial charge in [0.15, 0.2) is 0 Å². The predicted molar refractivity (Wildman–Crippen MR) is 73.6 cm³/mol. The van der Waals surface area contributed by atoms with Crippen LogP contribution in [0, 0.1) is 0 Å². The van der Waals surface area contributed by atoms with Gasteiger partial charge in [-0.3, -0.25) is 9.59 Å².